The van der Waals surface area contributed by atoms with Gasteiger partial charge in [0.15, 0.2) is 0 Å². The van der Waals surface area contributed by atoms with Crippen molar-refractivity contribution in [3.8, 4) is 0 Å². The number of aromatic nitrogens is 5. The van der Waals surface area contributed by atoms with Crippen molar-refractivity contribution in [1.29, 1.82) is 5.41 Å². The van der Waals surface area contributed by atoms with Crippen molar-refractivity contribution < 1.29 is 26.3 Å². The highest BCUT2D eigenvalue weighted by Crippen LogP contribution is 2.37. The first-order valence-electron chi connectivity index (χ1n) is 13.0. The number of tetrazole rings is 1. The number of rotatable bonds is 11. The number of pyridine rings is 1. The Morgan fingerprint density at radius 2 is 1.66 bits per heavy atom. The van der Waals surface area contributed by atoms with Crippen molar-refractivity contribution in [1.82, 2.24) is 25.2 Å². The van der Waals surface area contributed by atoms with E-state index in [1.807, 2.05) is 6.92 Å². The van der Waals surface area contributed by atoms with Gasteiger partial charge in [0, 0.05) is 50.1 Å². The lowest BCUT2D eigenvalue weighted by atomic mass is 10.0. The Morgan fingerprint density at radius 1 is 1.02 bits per heavy atom. The molecule has 1 fully saturated rings. The summed E-state index contributed by atoms with van der Waals surface area (Å²) in [5.74, 6) is 1.61. The highest BCUT2D eigenvalue weighted by Gasteiger charge is 2.37. The zero-order chi connectivity index (χ0) is 30.1. The summed E-state index contributed by atoms with van der Waals surface area (Å²) >= 11 is 0. The van der Waals surface area contributed by atoms with Crippen LogP contribution in [0.15, 0.2) is 24.3 Å². The molecule has 9 nitrogen and oxygen atoms in total. The van der Waals surface area contributed by atoms with Crippen molar-refractivity contribution >= 4 is 23.3 Å². The van der Waals surface area contributed by atoms with Gasteiger partial charge in [-0.25, -0.2) is 4.98 Å². The molecule has 0 atom stereocenters. The molecule has 0 bridgehead atoms. The quantitative estimate of drug-likeness (QED) is 0.227. The molecule has 0 saturated heterocycles. The molecular weight excluding hydrogens is 552 g/mol. The molecule has 0 radical (unpaired) electrons. The number of hydrogen-bond acceptors (Lipinski definition) is 8. The van der Waals surface area contributed by atoms with Gasteiger partial charge in [-0.15, -0.1) is 5.10 Å². The van der Waals surface area contributed by atoms with Crippen molar-refractivity contribution in [3.63, 3.8) is 0 Å². The van der Waals surface area contributed by atoms with Gasteiger partial charge in [-0.3, -0.25) is 0 Å². The summed E-state index contributed by atoms with van der Waals surface area (Å²) in [6, 6.07) is 3.26. The monoisotopic (exact) mass is 583 g/mol. The van der Waals surface area contributed by atoms with Gasteiger partial charge in [0.05, 0.1) is 18.2 Å². The molecule has 1 aromatic carbocycles. The summed E-state index contributed by atoms with van der Waals surface area (Å²) in [7, 11) is 3.19. The molecule has 41 heavy (non-hydrogen) atoms. The lowest BCUT2D eigenvalue weighted by molar-refractivity contribution is -0.143. The number of benzene rings is 1. The predicted molar refractivity (Wildman–Crippen MR) is 142 cm³/mol. The van der Waals surface area contributed by atoms with Crippen LogP contribution in [0.25, 0.3) is 0 Å². The maximum absolute atomic E-state index is 13.6. The highest BCUT2D eigenvalue weighted by molar-refractivity contribution is 6.01. The fourth-order valence-electron chi connectivity index (χ4n) is 4.52. The number of alkyl halides is 6. The maximum Gasteiger partial charge on any atom is 0.416 e. The summed E-state index contributed by atoms with van der Waals surface area (Å²) < 4.78 is 81.4. The molecule has 3 aromatic rings. The van der Waals surface area contributed by atoms with Gasteiger partial charge in [0.1, 0.15) is 11.6 Å². The van der Waals surface area contributed by atoms with Gasteiger partial charge in [-0.2, -0.15) is 31.1 Å². The average molecular weight is 584 g/mol. The Balaban J connectivity index is 1.82. The summed E-state index contributed by atoms with van der Waals surface area (Å²) in [5, 5.41) is 23.3. The van der Waals surface area contributed by atoms with E-state index in [2.05, 4.69) is 25.6 Å². The molecule has 15 heteroatoms. The van der Waals surface area contributed by atoms with Crippen LogP contribution >= 0.6 is 0 Å². The van der Waals surface area contributed by atoms with Crippen molar-refractivity contribution in [2.75, 3.05) is 35.3 Å². The molecule has 1 aliphatic carbocycles. The van der Waals surface area contributed by atoms with Crippen LogP contribution in [0.3, 0.4) is 0 Å². The fraction of sp³-hybridized carbons (Fsp3) is 0.500. The second-order valence-corrected chi connectivity index (χ2v) is 10.1. The summed E-state index contributed by atoms with van der Waals surface area (Å²) in [6.07, 6.45) is -7.77. The van der Waals surface area contributed by atoms with Crippen molar-refractivity contribution in [2.45, 2.75) is 52.1 Å². The number of anilines is 3. The summed E-state index contributed by atoms with van der Waals surface area (Å²) in [4.78, 5) is 9.50. The van der Waals surface area contributed by atoms with Crippen LogP contribution in [0.1, 0.15) is 54.5 Å². The van der Waals surface area contributed by atoms with E-state index < -0.39 is 23.5 Å². The van der Waals surface area contributed by atoms with E-state index >= 15 is 0 Å². The highest BCUT2D eigenvalue weighted by atomic mass is 19.4. The third-order valence-electron chi connectivity index (χ3n) is 6.74. The summed E-state index contributed by atoms with van der Waals surface area (Å²) in [6.45, 7) is 4.55. The Bertz CT molecular complexity index is 1360. The van der Waals surface area contributed by atoms with E-state index in [1.54, 1.807) is 20.0 Å². The van der Waals surface area contributed by atoms with E-state index in [1.165, 1.54) is 11.9 Å². The van der Waals surface area contributed by atoms with Crippen molar-refractivity contribution in [3.05, 3.63) is 52.1 Å². The molecule has 222 valence electrons. The van der Waals surface area contributed by atoms with Gasteiger partial charge < -0.3 is 20.5 Å². The number of aryl methyl sites for hydroxylation is 1. The second-order valence-electron chi connectivity index (χ2n) is 10.1. The van der Waals surface area contributed by atoms with Gasteiger partial charge in [-0.1, -0.05) is 5.10 Å². The molecule has 0 spiro atoms. The maximum atomic E-state index is 13.6. The first-order valence-corrected chi connectivity index (χ1v) is 13.0. The number of halogens is 6. The molecule has 0 aliphatic heterocycles. The molecule has 1 aliphatic rings. The number of nitrogens with one attached hydrogen (secondary N) is 2. The third-order valence-corrected chi connectivity index (χ3v) is 6.74. The molecular formula is C26H31F6N9. The molecule has 2 aromatic heterocycles. The fourth-order valence-corrected chi connectivity index (χ4v) is 4.52. The topological polar surface area (TPSA) is 98.9 Å². The first-order chi connectivity index (χ1) is 19.2. The van der Waals surface area contributed by atoms with Crippen LogP contribution in [-0.2, 0) is 32.5 Å². The van der Waals surface area contributed by atoms with Gasteiger partial charge in [-0.05, 0) is 67.6 Å². The van der Waals surface area contributed by atoms with Crippen LogP contribution in [-0.4, -0.2) is 51.0 Å². The number of nitrogens with zero attached hydrogens (tertiary/aromatic N) is 7. The lowest BCUT2D eigenvalue weighted by Gasteiger charge is -2.29. The van der Waals surface area contributed by atoms with Crippen LogP contribution in [0, 0.1) is 11.3 Å². The van der Waals surface area contributed by atoms with Crippen molar-refractivity contribution in [2.24, 2.45) is 13.0 Å². The minimum absolute atomic E-state index is 0.0143. The van der Waals surface area contributed by atoms with E-state index in [0.717, 1.165) is 24.2 Å². The van der Waals surface area contributed by atoms with E-state index in [0.29, 0.717) is 47.4 Å². The summed E-state index contributed by atoms with van der Waals surface area (Å²) in [5.41, 5.74) is -1.67. The minimum atomic E-state index is -4.98. The largest absolute Gasteiger partial charge is 0.416 e. The van der Waals surface area contributed by atoms with Crippen LogP contribution in [0.4, 0.5) is 43.9 Å². The molecule has 0 amide bonds. The average Bonchev–Trinajstić information content (AvgIpc) is 3.62. The Hall–Kier alpha value is -3.91. The number of hydrogen-bond donors (Lipinski definition) is 2. The molecule has 4 rings (SSSR count). The van der Waals surface area contributed by atoms with E-state index in [9.17, 15) is 26.3 Å². The standard InChI is InChI=1S/C26H31F6N9/c1-5-40(12-16-6-7-16)23-18(10-21(15(2)33)22(34-3)35-23)14-41(24-36-38-39(4)37-24)13-17-8-19(25(27,28)29)11-20(9-17)26(30,31)32/h8-11,16,33H,5-7,12-14H2,1-4H3,(H,34,35). The predicted octanol–water partition coefficient (Wildman–Crippen LogP) is 5.52. The van der Waals surface area contributed by atoms with Gasteiger partial charge in [0.25, 0.3) is 5.95 Å². The van der Waals surface area contributed by atoms with Crippen LogP contribution < -0.4 is 15.1 Å². The van der Waals surface area contributed by atoms with E-state index in [-0.39, 0.29) is 36.4 Å². The van der Waals surface area contributed by atoms with Crippen LogP contribution in [0.2, 0.25) is 0 Å². The molecule has 2 heterocycles. The third kappa shape index (κ3) is 7.24. The molecule has 0 unspecified atom stereocenters. The normalized spacial score (nSPS) is 13.8. The smallest absolute Gasteiger partial charge is 0.373 e. The molecule has 2 N–H and O–H groups in total. The molecule has 1 saturated carbocycles. The van der Waals surface area contributed by atoms with Gasteiger partial charge in [0.2, 0.25) is 0 Å². The second kappa shape index (κ2) is 11.5. The van der Waals surface area contributed by atoms with Crippen LogP contribution in [0.5, 0.6) is 0 Å². The Kier molecular flexibility index (Phi) is 8.45. The van der Waals surface area contributed by atoms with E-state index in [4.69, 9.17) is 10.4 Å². The SMILES string of the molecule is CCN(CC1CC1)c1nc(NC)c(C(C)=N)cc1CN(Cc1cc(C(F)(F)F)cc(C(F)(F)F)c1)c1nnn(C)n1. The van der Waals surface area contributed by atoms with Gasteiger partial charge >= 0.3 is 12.4 Å². The first kappa shape index (κ1) is 30.1. The Labute approximate surface area is 233 Å². The minimum Gasteiger partial charge on any atom is -0.373 e. The zero-order valence-corrected chi connectivity index (χ0v) is 23.0. The lowest BCUT2D eigenvalue weighted by Crippen LogP contribution is -2.31. The Morgan fingerprint density at radius 3 is 2.12 bits per heavy atom. The zero-order valence-electron chi connectivity index (χ0n) is 23.0.